The molecule has 2 atom stereocenters. The molecule has 0 saturated carbocycles. The second-order valence-electron chi connectivity index (χ2n) is 5.68. The highest BCUT2D eigenvalue weighted by Gasteiger charge is 2.39. The Bertz CT molecular complexity index is 758. The largest absolute Gasteiger partial charge is 0.381 e. The van der Waals surface area contributed by atoms with Crippen LogP contribution in [-0.4, -0.2) is 39.9 Å². The van der Waals surface area contributed by atoms with Gasteiger partial charge in [-0.3, -0.25) is 19.7 Å². The van der Waals surface area contributed by atoms with Crippen molar-refractivity contribution in [1.82, 2.24) is 10.2 Å². The van der Waals surface area contributed by atoms with E-state index in [1.165, 1.54) is 4.90 Å². The summed E-state index contributed by atoms with van der Waals surface area (Å²) in [7, 11) is 0. The number of aliphatic hydroxyl groups excluding tert-OH is 1. The summed E-state index contributed by atoms with van der Waals surface area (Å²) < 4.78 is 0. The van der Waals surface area contributed by atoms with Gasteiger partial charge in [-0.1, -0.05) is 17.9 Å². The molecule has 2 N–H and O–H groups in total. The van der Waals surface area contributed by atoms with Gasteiger partial charge in [0.1, 0.15) is 12.1 Å². The summed E-state index contributed by atoms with van der Waals surface area (Å²) >= 11 is 0. The van der Waals surface area contributed by atoms with E-state index in [1.807, 2.05) is 0 Å². The summed E-state index contributed by atoms with van der Waals surface area (Å²) in [5, 5.41) is 11.6. The lowest BCUT2D eigenvalue weighted by atomic mass is 10.0. The van der Waals surface area contributed by atoms with Crippen molar-refractivity contribution < 1.29 is 19.5 Å². The first kappa shape index (κ1) is 15.3. The number of nitrogens with zero attached hydrogens (tertiary/aromatic N) is 1. The number of rotatable bonds is 1. The summed E-state index contributed by atoms with van der Waals surface area (Å²) in [6.45, 7) is 1.85. The predicted molar refractivity (Wildman–Crippen MR) is 81.0 cm³/mol. The van der Waals surface area contributed by atoms with Crippen molar-refractivity contribution in [3.8, 4) is 11.8 Å². The van der Waals surface area contributed by atoms with Gasteiger partial charge in [0.25, 0.3) is 5.91 Å². The van der Waals surface area contributed by atoms with Crippen LogP contribution < -0.4 is 5.32 Å². The Morgan fingerprint density at radius 2 is 2.13 bits per heavy atom. The summed E-state index contributed by atoms with van der Waals surface area (Å²) in [5.41, 5.74) is 1.95. The lowest BCUT2D eigenvalue weighted by molar-refractivity contribution is -0.136. The van der Waals surface area contributed by atoms with Crippen LogP contribution in [0.15, 0.2) is 18.2 Å². The number of imide groups is 1. The summed E-state index contributed by atoms with van der Waals surface area (Å²) in [6, 6.07) is 4.59. The van der Waals surface area contributed by atoms with E-state index in [0.717, 1.165) is 5.56 Å². The number of benzene rings is 1. The van der Waals surface area contributed by atoms with Crippen molar-refractivity contribution in [2.75, 3.05) is 0 Å². The fraction of sp³-hybridized carbons (Fsp3) is 0.353. The minimum Gasteiger partial charge on any atom is -0.381 e. The molecule has 3 amide bonds. The van der Waals surface area contributed by atoms with Crippen molar-refractivity contribution in [2.24, 2.45) is 0 Å². The molecule has 3 rings (SSSR count). The third kappa shape index (κ3) is 2.83. The van der Waals surface area contributed by atoms with Crippen molar-refractivity contribution in [3.63, 3.8) is 0 Å². The van der Waals surface area contributed by atoms with Crippen molar-refractivity contribution in [2.45, 2.75) is 38.5 Å². The van der Waals surface area contributed by atoms with Gasteiger partial charge < -0.3 is 10.0 Å². The molecule has 1 fully saturated rings. The quantitative estimate of drug-likeness (QED) is 0.572. The number of piperidine rings is 1. The molecule has 2 unspecified atom stereocenters. The fourth-order valence-electron chi connectivity index (χ4n) is 2.88. The van der Waals surface area contributed by atoms with E-state index < -0.39 is 18.1 Å². The molecule has 1 aromatic rings. The van der Waals surface area contributed by atoms with Gasteiger partial charge in [-0.25, -0.2) is 0 Å². The Balaban J connectivity index is 1.90. The Kier molecular flexibility index (Phi) is 3.89. The summed E-state index contributed by atoms with van der Waals surface area (Å²) in [5.74, 6) is 4.58. The smallest absolute Gasteiger partial charge is 0.255 e. The van der Waals surface area contributed by atoms with E-state index in [-0.39, 0.29) is 24.8 Å². The van der Waals surface area contributed by atoms with E-state index in [1.54, 1.807) is 25.1 Å². The van der Waals surface area contributed by atoms with Crippen LogP contribution in [0.2, 0.25) is 0 Å². The molecule has 0 aromatic heterocycles. The molecule has 6 heteroatoms. The highest BCUT2D eigenvalue weighted by molar-refractivity contribution is 6.05. The molecule has 0 radical (unpaired) electrons. The Morgan fingerprint density at radius 1 is 1.35 bits per heavy atom. The Hall–Kier alpha value is -2.65. The molecule has 23 heavy (non-hydrogen) atoms. The molecule has 6 nitrogen and oxygen atoms in total. The first-order chi connectivity index (χ1) is 11.0. The Labute approximate surface area is 133 Å². The molecule has 0 bridgehead atoms. The highest BCUT2D eigenvalue weighted by Crippen LogP contribution is 2.29. The number of hydrogen-bond donors (Lipinski definition) is 2. The number of carbonyl (C=O) groups is 3. The topological polar surface area (TPSA) is 86.7 Å². The minimum absolute atomic E-state index is 0.227. The maximum Gasteiger partial charge on any atom is 0.255 e. The zero-order valence-corrected chi connectivity index (χ0v) is 12.6. The van der Waals surface area contributed by atoms with Gasteiger partial charge in [-0.05, 0) is 31.0 Å². The van der Waals surface area contributed by atoms with E-state index in [0.29, 0.717) is 17.5 Å². The number of fused-ring (bicyclic) bond motifs is 1. The van der Waals surface area contributed by atoms with Gasteiger partial charge in [0.15, 0.2) is 0 Å². The van der Waals surface area contributed by atoms with Crippen LogP contribution >= 0.6 is 0 Å². The van der Waals surface area contributed by atoms with Gasteiger partial charge in [0.05, 0.1) is 0 Å². The first-order valence-electron chi connectivity index (χ1n) is 7.43. The van der Waals surface area contributed by atoms with Crippen LogP contribution in [0.4, 0.5) is 0 Å². The van der Waals surface area contributed by atoms with Crippen LogP contribution in [0.5, 0.6) is 0 Å². The van der Waals surface area contributed by atoms with Crippen LogP contribution in [0.1, 0.15) is 41.3 Å². The second-order valence-corrected chi connectivity index (χ2v) is 5.68. The molecule has 0 aliphatic carbocycles. The lowest BCUT2D eigenvalue weighted by Gasteiger charge is -2.29. The van der Waals surface area contributed by atoms with Crippen molar-refractivity contribution >= 4 is 17.7 Å². The fourth-order valence-corrected chi connectivity index (χ4v) is 2.88. The molecule has 1 aromatic carbocycles. The lowest BCUT2D eigenvalue weighted by Crippen LogP contribution is -2.52. The van der Waals surface area contributed by atoms with Gasteiger partial charge in [0.2, 0.25) is 11.8 Å². The maximum atomic E-state index is 12.6. The third-order valence-corrected chi connectivity index (χ3v) is 4.00. The van der Waals surface area contributed by atoms with Crippen molar-refractivity contribution in [1.29, 1.82) is 0 Å². The second kappa shape index (κ2) is 5.86. The number of amides is 3. The van der Waals surface area contributed by atoms with E-state index in [2.05, 4.69) is 17.2 Å². The first-order valence-corrected chi connectivity index (χ1v) is 7.43. The third-order valence-electron chi connectivity index (χ3n) is 4.00. The van der Waals surface area contributed by atoms with Gasteiger partial charge >= 0.3 is 0 Å². The minimum atomic E-state index is -0.755. The zero-order valence-electron chi connectivity index (χ0n) is 12.6. The van der Waals surface area contributed by atoms with Crippen LogP contribution in [0.25, 0.3) is 0 Å². The monoisotopic (exact) mass is 312 g/mol. The van der Waals surface area contributed by atoms with Crippen LogP contribution in [0, 0.1) is 11.8 Å². The molecule has 118 valence electrons. The van der Waals surface area contributed by atoms with E-state index in [9.17, 15) is 19.5 Å². The Morgan fingerprint density at radius 3 is 2.83 bits per heavy atom. The van der Waals surface area contributed by atoms with Gasteiger partial charge in [-0.2, -0.15) is 0 Å². The SMILES string of the molecule is CC(O)C#Cc1cccc2c1CN(C1CCC(=O)NC1=O)C2=O. The molecule has 2 aliphatic rings. The summed E-state index contributed by atoms with van der Waals surface area (Å²) in [6.07, 6.45) is -0.196. The molecule has 1 saturated heterocycles. The maximum absolute atomic E-state index is 12.6. The number of aliphatic hydroxyl groups is 1. The zero-order chi connectivity index (χ0) is 16.6. The number of nitrogens with one attached hydrogen (secondary N) is 1. The standard InChI is InChI=1S/C17H16N2O4/c1-10(20)5-6-11-3-2-4-12-13(11)9-19(17(12)23)14-7-8-15(21)18-16(14)22/h2-4,10,14,20H,7-9H2,1H3,(H,18,21,22). The average Bonchev–Trinajstić information content (AvgIpc) is 2.83. The van der Waals surface area contributed by atoms with Crippen molar-refractivity contribution in [3.05, 3.63) is 34.9 Å². The normalized spacial score (nSPS) is 21.4. The van der Waals surface area contributed by atoms with Gasteiger partial charge in [0, 0.05) is 24.1 Å². The number of hydrogen-bond acceptors (Lipinski definition) is 4. The predicted octanol–water partition coefficient (Wildman–Crippen LogP) is 0.180. The number of carbonyl (C=O) groups excluding carboxylic acids is 3. The van der Waals surface area contributed by atoms with Gasteiger partial charge in [-0.15, -0.1) is 0 Å². The van der Waals surface area contributed by atoms with Crippen LogP contribution in [0.3, 0.4) is 0 Å². The van der Waals surface area contributed by atoms with E-state index >= 15 is 0 Å². The van der Waals surface area contributed by atoms with E-state index in [4.69, 9.17) is 0 Å². The molecular weight excluding hydrogens is 296 g/mol. The molecule has 0 spiro atoms. The average molecular weight is 312 g/mol. The molecule has 2 heterocycles. The summed E-state index contributed by atoms with van der Waals surface area (Å²) in [4.78, 5) is 37.3. The molecular formula is C17H16N2O4. The van der Waals surface area contributed by atoms with Crippen LogP contribution in [-0.2, 0) is 16.1 Å². The highest BCUT2D eigenvalue weighted by atomic mass is 16.3. The molecule has 2 aliphatic heterocycles.